The maximum absolute atomic E-state index is 13.2. The zero-order valence-corrected chi connectivity index (χ0v) is 12.1. The van der Waals surface area contributed by atoms with E-state index in [-0.39, 0.29) is 17.5 Å². The number of rotatable bonds is 4. The largest absolute Gasteiger partial charge is 0.387 e. The van der Waals surface area contributed by atoms with Crippen molar-refractivity contribution in [2.24, 2.45) is 0 Å². The molecule has 0 radical (unpaired) electrons. The van der Waals surface area contributed by atoms with Crippen LogP contribution in [0.4, 0.5) is 4.39 Å². The molecule has 2 N–H and O–H groups in total. The smallest absolute Gasteiger partial charge is 0.253 e. The maximum Gasteiger partial charge on any atom is 0.253 e. The van der Waals surface area contributed by atoms with Crippen LogP contribution in [0.2, 0.25) is 5.02 Å². The van der Waals surface area contributed by atoms with Crippen LogP contribution in [-0.4, -0.2) is 22.5 Å². The first-order valence-corrected chi connectivity index (χ1v) is 6.68. The summed E-state index contributed by atoms with van der Waals surface area (Å²) >= 11 is 5.73. The minimum absolute atomic E-state index is 0.0487. The Labute approximate surface area is 126 Å². The van der Waals surface area contributed by atoms with Crippen LogP contribution in [-0.2, 0) is 0 Å². The second-order valence-electron chi connectivity index (χ2n) is 4.62. The van der Waals surface area contributed by atoms with Crippen molar-refractivity contribution in [1.29, 1.82) is 0 Å². The fraction of sp³-hybridized carbons (Fsp3) is 0.200. The highest BCUT2D eigenvalue weighted by Gasteiger charge is 2.13. The Morgan fingerprint density at radius 1 is 1.48 bits per heavy atom. The van der Waals surface area contributed by atoms with Crippen molar-refractivity contribution < 1.29 is 14.3 Å². The molecule has 4 nitrogen and oxygen atoms in total. The topological polar surface area (TPSA) is 62.2 Å². The van der Waals surface area contributed by atoms with Crippen LogP contribution < -0.4 is 5.32 Å². The number of benzene rings is 1. The van der Waals surface area contributed by atoms with E-state index in [9.17, 15) is 14.3 Å². The fourth-order valence-corrected chi connectivity index (χ4v) is 2.10. The zero-order valence-electron chi connectivity index (χ0n) is 11.3. The molecule has 21 heavy (non-hydrogen) atoms. The quantitative estimate of drug-likeness (QED) is 0.913. The van der Waals surface area contributed by atoms with Crippen molar-refractivity contribution >= 4 is 17.5 Å². The molecule has 1 amide bonds. The maximum atomic E-state index is 13.2. The first-order valence-electron chi connectivity index (χ1n) is 6.30. The molecule has 110 valence electrons. The van der Waals surface area contributed by atoms with Gasteiger partial charge >= 0.3 is 0 Å². The number of aromatic nitrogens is 1. The molecule has 1 heterocycles. The standard InChI is InChI=1S/C15H14ClFN2O2/c1-9-2-3-18-7-13(9)15(21)19-8-14(20)10-4-11(16)6-12(17)5-10/h2-7,14,20H,8H2,1H3,(H,19,21). The van der Waals surface area contributed by atoms with E-state index in [1.165, 1.54) is 18.3 Å². The van der Waals surface area contributed by atoms with Crippen molar-refractivity contribution in [2.75, 3.05) is 6.54 Å². The number of pyridine rings is 1. The second-order valence-corrected chi connectivity index (χ2v) is 5.06. The Morgan fingerprint density at radius 3 is 2.90 bits per heavy atom. The summed E-state index contributed by atoms with van der Waals surface area (Å²) in [6.07, 6.45) is 2.00. The summed E-state index contributed by atoms with van der Waals surface area (Å²) in [4.78, 5) is 15.9. The van der Waals surface area contributed by atoms with Crippen molar-refractivity contribution in [1.82, 2.24) is 10.3 Å². The number of amides is 1. The first-order chi connectivity index (χ1) is 9.97. The number of hydrogen-bond donors (Lipinski definition) is 2. The van der Waals surface area contributed by atoms with Crippen LogP contribution in [0.15, 0.2) is 36.7 Å². The lowest BCUT2D eigenvalue weighted by atomic mass is 10.1. The molecule has 0 fully saturated rings. The van der Waals surface area contributed by atoms with Gasteiger partial charge in [-0.1, -0.05) is 11.6 Å². The fourth-order valence-electron chi connectivity index (χ4n) is 1.87. The Hall–Kier alpha value is -1.98. The van der Waals surface area contributed by atoms with Gasteiger partial charge in [0.2, 0.25) is 0 Å². The van der Waals surface area contributed by atoms with Gasteiger partial charge in [0, 0.05) is 24.0 Å². The van der Waals surface area contributed by atoms with Crippen molar-refractivity contribution in [3.63, 3.8) is 0 Å². The van der Waals surface area contributed by atoms with Crippen LogP contribution in [0.5, 0.6) is 0 Å². The predicted molar refractivity (Wildman–Crippen MR) is 77.7 cm³/mol. The van der Waals surface area contributed by atoms with Crippen LogP contribution in [0.3, 0.4) is 0 Å². The summed E-state index contributed by atoms with van der Waals surface area (Å²) in [7, 11) is 0. The lowest BCUT2D eigenvalue weighted by Gasteiger charge is -2.13. The minimum Gasteiger partial charge on any atom is -0.387 e. The number of carbonyl (C=O) groups is 1. The summed E-state index contributed by atoms with van der Waals surface area (Å²) in [6.45, 7) is 1.74. The summed E-state index contributed by atoms with van der Waals surface area (Å²) in [5.41, 5.74) is 1.52. The Balaban J connectivity index is 2.02. The molecule has 0 saturated heterocycles. The normalized spacial score (nSPS) is 12.0. The van der Waals surface area contributed by atoms with Gasteiger partial charge < -0.3 is 10.4 Å². The molecule has 0 bridgehead atoms. The lowest BCUT2D eigenvalue weighted by molar-refractivity contribution is 0.0915. The van der Waals surface area contributed by atoms with E-state index in [4.69, 9.17) is 11.6 Å². The monoisotopic (exact) mass is 308 g/mol. The van der Waals surface area contributed by atoms with Crippen molar-refractivity contribution in [2.45, 2.75) is 13.0 Å². The van der Waals surface area contributed by atoms with Gasteiger partial charge in [0.15, 0.2) is 0 Å². The van der Waals surface area contributed by atoms with Gasteiger partial charge in [0.25, 0.3) is 5.91 Å². The van der Waals surface area contributed by atoms with Gasteiger partial charge in [0.1, 0.15) is 5.82 Å². The van der Waals surface area contributed by atoms with E-state index in [1.807, 2.05) is 0 Å². The number of nitrogens with zero attached hydrogens (tertiary/aromatic N) is 1. The molecule has 2 aromatic rings. The minimum atomic E-state index is -1.04. The molecule has 2 rings (SSSR count). The molecule has 0 spiro atoms. The van der Waals surface area contributed by atoms with Crippen LogP contribution in [0, 0.1) is 12.7 Å². The molecule has 1 atom stereocenters. The highest BCUT2D eigenvalue weighted by molar-refractivity contribution is 6.30. The van der Waals surface area contributed by atoms with Crippen LogP contribution >= 0.6 is 11.6 Å². The van der Waals surface area contributed by atoms with E-state index in [2.05, 4.69) is 10.3 Å². The molecular formula is C15H14ClFN2O2. The first kappa shape index (κ1) is 15.4. The second kappa shape index (κ2) is 6.65. The van der Waals surface area contributed by atoms with Gasteiger partial charge in [0.05, 0.1) is 11.7 Å². The molecule has 1 aromatic heterocycles. The van der Waals surface area contributed by atoms with Gasteiger partial charge in [-0.05, 0) is 42.3 Å². The molecule has 0 aliphatic carbocycles. The van der Waals surface area contributed by atoms with Gasteiger partial charge in [-0.15, -0.1) is 0 Å². The summed E-state index contributed by atoms with van der Waals surface area (Å²) < 4.78 is 13.2. The Bertz CT molecular complexity index is 644. The highest BCUT2D eigenvalue weighted by Crippen LogP contribution is 2.19. The predicted octanol–water partition coefficient (Wildman–Crippen LogP) is 2.65. The third-order valence-electron chi connectivity index (χ3n) is 3.01. The SMILES string of the molecule is Cc1ccncc1C(=O)NCC(O)c1cc(F)cc(Cl)c1. The molecule has 6 heteroatoms. The molecule has 0 saturated carbocycles. The molecule has 1 unspecified atom stereocenters. The summed E-state index contributed by atoms with van der Waals surface area (Å²) in [6, 6.07) is 5.50. The lowest BCUT2D eigenvalue weighted by Crippen LogP contribution is -2.29. The molecular weight excluding hydrogens is 295 g/mol. The molecule has 0 aliphatic rings. The van der Waals surface area contributed by atoms with E-state index in [0.29, 0.717) is 11.1 Å². The number of carbonyl (C=O) groups excluding carboxylic acids is 1. The third-order valence-corrected chi connectivity index (χ3v) is 3.23. The summed E-state index contributed by atoms with van der Waals surface area (Å²) in [5.74, 6) is -0.881. The number of aliphatic hydroxyl groups excluding tert-OH is 1. The van der Waals surface area contributed by atoms with E-state index >= 15 is 0 Å². The number of nitrogens with one attached hydrogen (secondary N) is 1. The van der Waals surface area contributed by atoms with Gasteiger partial charge in [-0.3, -0.25) is 9.78 Å². The average molecular weight is 309 g/mol. The van der Waals surface area contributed by atoms with Gasteiger partial charge in [-0.25, -0.2) is 4.39 Å². The van der Waals surface area contributed by atoms with Crippen molar-refractivity contribution in [3.05, 3.63) is 64.2 Å². The zero-order chi connectivity index (χ0) is 15.4. The average Bonchev–Trinajstić information content (AvgIpc) is 2.43. The Kier molecular flexibility index (Phi) is 4.88. The number of hydrogen-bond acceptors (Lipinski definition) is 3. The highest BCUT2D eigenvalue weighted by atomic mass is 35.5. The third kappa shape index (κ3) is 4.00. The number of aryl methyl sites for hydroxylation is 1. The Morgan fingerprint density at radius 2 is 2.24 bits per heavy atom. The number of aliphatic hydroxyl groups is 1. The molecule has 0 aliphatic heterocycles. The number of halogens is 2. The van der Waals surface area contributed by atoms with Crippen LogP contribution in [0.25, 0.3) is 0 Å². The molecule has 1 aromatic carbocycles. The van der Waals surface area contributed by atoms with E-state index in [1.54, 1.807) is 19.2 Å². The summed E-state index contributed by atoms with van der Waals surface area (Å²) in [5, 5.41) is 12.8. The van der Waals surface area contributed by atoms with Gasteiger partial charge in [-0.2, -0.15) is 0 Å². The van der Waals surface area contributed by atoms with E-state index < -0.39 is 11.9 Å². The van der Waals surface area contributed by atoms with E-state index in [0.717, 1.165) is 11.6 Å². The van der Waals surface area contributed by atoms with Crippen molar-refractivity contribution in [3.8, 4) is 0 Å². The van der Waals surface area contributed by atoms with Crippen LogP contribution in [0.1, 0.15) is 27.6 Å².